The Morgan fingerprint density at radius 2 is 1.72 bits per heavy atom. The second-order valence-corrected chi connectivity index (χ2v) is 8.70. The Morgan fingerprint density at radius 3 is 2.41 bits per heavy atom. The second kappa shape index (κ2) is 10.1. The zero-order valence-electron chi connectivity index (χ0n) is 17.0. The lowest BCUT2D eigenvalue weighted by Gasteiger charge is -2.34. The molecule has 1 aliphatic heterocycles. The van der Waals surface area contributed by atoms with Crippen LogP contribution in [0.3, 0.4) is 0 Å². The van der Waals surface area contributed by atoms with Crippen LogP contribution in [0.15, 0.2) is 52.9 Å². The molecule has 3 aromatic rings. The second-order valence-electron chi connectivity index (χ2n) is 7.45. The molecular weight excluding hydrogens is 478 g/mol. The molecule has 1 aliphatic rings. The number of ether oxygens (including phenoxy) is 1. The van der Waals surface area contributed by atoms with Crippen molar-refractivity contribution < 1.29 is 18.3 Å². The predicted octanol–water partition coefficient (Wildman–Crippen LogP) is 5.92. The average Bonchev–Trinajstić information content (AvgIpc) is 3.22. The normalized spacial score (nSPS) is 14.6. The molecule has 1 saturated heterocycles. The number of rotatable bonds is 6. The Labute approximate surface area is 200 Å². The van der Waals surface area contributed by atoms with Gasteiger partial charge in [-0.3, -0.25) is 9.69 Å². The molecule has 1 amide bonds. The first-order chi connectivity index (χ1) is 15.4. The molecule has 0 atom stereocenters. The van der Waals surface area contributed by atoms with E-state index in [0.717, 1.165) is 5.56 Å². The highest BCUT2D eigenvalue weighted by molar-refractivity contribution is 6.40. The van der Waals surface area contributed by atoms with E-state index in [1.807, 2.05) is 6.07 Å². The van der Waals surface area contributed by atoms with Crippen LogP contribution < -0.4 is 4.74 Å². The van der Waals surface area contributed by atoms with Crippen molar-refractivity contribution in [2.45, 2.75) is 13.2 Å². The van der Waals surface area contributed by atoms with Crippen LogP contribution in [0.25, 0.3) is 0 Å². The van der Waals surface area contributed by atoms with Gasteiger partial charge < -0.3 is 14.1 Å². The van der Waals surface area contributed by atoms with E-state index < -0.39 is 0 Å². The maximum Gasteiger partial charge on any atom is 0.289 e. The molecule has 0 unspecified atom stereocenters. The number of nitrogens with zero attached hydrogens (tertiary/aromatic N) is 2. The van der Waals surface area contributed by atoms with Gasteiger partial charge in [-0.1, -0.05) is 46.9 Å². The minimum Gasteiger partial charge on any atom is -0.483 e. The number of amides is 1. The molecule has 0 radical (unpaired) electrons. The molecule has 0 saturated carbocycles. The number of carbonyl (C=O) groups is 1. The molecular formula is C23H20Cl3FN2O3. The maximum atomic E-state index is 13.4. The highest BCUT2D eigenvalue weighted by Gasteiger charge is 2.24. The predicted molar refractivity (Wildman–Crippen MR) is 122 cm³/mol. The zero-order valence-corrected chi connectivity index (χ0v) is 19.3. The third-order valence-electron chi connectivity index (χ3n) is 5.15. The number of hydrogen-bond donors (Lipinski definition) is 0. The van der Waals surface area contributed by atoms with Crippen molar-refractivity contribution in [3.8, 4) is 5.75 Å². The number of furan rings is 1. The highest BCUT2D eigenvalue weighted by atomic mass is 35.5. The first-order valence-electron chi connectivity index (χ1n) is 10.0. The van der Waals surface area contributed by atoms with Gasteiger partial charge in [0.1, 0.15) is 18.2 Å². The molecule has 168 valence electrons. The minimum absolute atomic E-state index is 0.0652. The van der Waals surface area contributed by atoms with Crippen molar-refractivity contribution in [2.24, 2.45) is 0 Å². The SMILES string of the molecule is O=C(c1ccc(COc2c(Cl)cc(Cl)cc2Cl)o1)N1CCN(Cc2cccc(F)c2)CC1. The Hall–Kier alpha value is -2.25. The van der Waals surface area contributed by atoms with Crippen molar-refractivity contribution in [3.05, 3.63) is 86.5 Å². The van der Waals surface area contributed by atoms with Crippen molar-refractivity contribution in [1.29, 1.82) is 0 Å². The molecule has 4 rings (SSSR count). The molecule has 1 fully saturated rings. The molecule has 0 aliphatic carbocycles. The number of halogens is 4. The van der Waals surface area contributed by atoms with E-state index in [1.54, 1.807) is 23.1 Å². The maximum absolute atomic E-state index is 13.4. The summed E-state index contributed by atoms with van der Waals surface area (Å²) in [4.78, 5) is 16.8. The first-order valence-corrected chi connectivity index (χ1v) is 11.1. The lowest BCUT2D eigenvalue weighted by Crippen LogP contribution is -2.48. The summed E-state index contributed by atoms with van der Waals surface area (Å²) in [6.45, 7) is 3.25. The summed E-state index contributed by atoms with van der Waals surface area (Å²) in [6.07, 6.45) is 0. The van der Waals surface area contributed by atoms with Crippen LogP contribution in [-0.2, 0) is 13.2 Å². The van der Waals surface area contributed by atoms with E-state index in [0.29, 0.717) is 59.3 Å². The van der Waals surface area contributed by atoms with Gasteiger partial charge in [0, 0.05) is 37.7 Å². The van der Waals surface area contributed by atoms with Gasteiger partial charge >= 0.3 is 0 Å². The van der Waals surface area contributed by atoms with Gasteiger partial charge in [0.05, 0.1) is 10.0 Å². The lowest BCUT2D eigenvalue weighted by molar-refractivity contribution is 0.0594. The quantitative estimate of drug-likeness (QED) is 0.424. The van der Waals surface area contributed by atoms with E-state index >= 15 is 0 Å². The van der Waals surface area contributed by atoms with E-state index in [9.17, 15) is 9.18 Å². The molecule has 2 heterocycles. The van der Waals surface area contributed by atoms with Gasteiger partial charge in [0.25, 0.3) is 5.91 Å². The van der Waals surface area contributed by atoms with Crippen LogP contribution >= 0.6 is 34.8 Å². The fourth-order valence-electron chi connectivity index (χ4n) is 3.54. The summed E-state index contributed by atoms with van der Waals surface area (Å²) in [6, 6.07) is 13.0. The standard InChI is InChI=1S/C23H20Cl3FN2O3/c24-16-11-19(25)22(20(26)12-16)31-14-18-4-5-21(32-18)23(30)29-8-6-28(7-9-29)13-15-2-1-3-17(27)10-15/h1-5,10-12H,6-9,13-14H2. The fraction of sp³-hybridized carbons (Fsp3) is 0.261. The lowest BCUT2D eigenvalue weighted by atomic mass is 10.2. The minimum atomic E-state index is -0.241. The Bertz CT molecular complexity index is 1090. The van der Waals surface area contributed by atoms with E-state index in [-0.39, 0.29) is 24.1 Å². The third kappa shape index (κ3) is 5.56. The van der Waals surface area contributed by atoms with Crippen LogP contribution in [0.1, 0.15) is 21.9 Å². The molecule has 1 aromatic heterocycles. The van der Waals surface area contributed by atoms with Crippen molar-refractivity contribution in [3.63, 3.8) is 0 Å². The van der Waals surface area contributed by atoms with Gasteiger partial charge in [0.15, 0.2) is 11.5 Å². The summed E-state index contributed by atoms with van der Waals surface area (Å²) >= 11 is 18.1. The molecule has 0 bridgehead atoms. The van der Waals surface area contributed by atoms with Gasteiger partial charge in [-0.15, -0.1) is 0 Å². The Morgan fingerprint density at radius 1 is 1.00 bits per heavy atom. The Kier molecular flexibility index (Phi) is 7.26. The average molecular weight is 498 g/mol. The molecule has 32 heavy (non-hydrogen) atoms. The van der Waals surface area contributed by atoms with E-state index in [4.69, 9.17) is 44.0 Å². The van der Waals surface area contributed by atoms with E-state index in [2.05, 4.69) is 4.90 Å². The first kappa shape index (κ1) is 22.9. The van der Waals surface area contributed by atoms with Crippen LogP contribution in [0.5, 0.6) is 5.75 Å². The molecule has 2 aromatic carbocycles. The largest absolute Gasteiger partial charge is 0.483 e. The summed E-state index contributed by atoms with van der Waals surface area (Å²) < 4.78 is 24.7. The molecule has 0 spiro atoms. The number of carbonyl (C=O) groups excluding carboxylic acids is 1. The summed E-state index contributed by atoms with van der Waals surface area (Å²) in [5.41, 5.74) is 0.918. The topological polar surface area (TPSA) is 45.9 Å². The van der Waals surface area contributed by atoms with Crippen LogP contribution in [-0.4, -0.2) is 41.9 Å². The summed E-state index contributed by atoms with van der Waals surface area (Å²) in [5.74, 6) is 0.603. The highest BCUT2D eigenvalue weighted by Crippen LogP contribution is 2.36. The Balaban J connectivity index is 1.30. The van der Waals surface area contributed by atoms with Gasteiger partial charge in [0.2, 0.25) is 0 Å². The number of piperazine rings is 1. The smallest absolute Gasteiger partial charge is 0.289 e. The van der Waals surface area contributed by atoms with Crippen molar-refractivity contribution in [1.82, 2.24) is 9.80 Å². The van der Waals surface area contributed by atoms with Crippen LogP contribution in [0, 0.1) is 5.82 Å². The van der Waals surface area contributed by atoms with Gasteiger partial charge in [-0.25, -0.2) is 4.39 Å². The van der Waals surface area contributed by atoms with E-state index in [1.165, 1.54) is 24.3 Å². The fourth-order valence-corrected chi connectivity index (χ4v) is 4.47. The molecule has 5 nitrogen and oxygen atoms in total. The zero-order chi connectivity index (χ0) is 22.7. The van der Waals surface area contributed by atoms with Crippen LogP contribution in [0.2, 0.25) is 15.1 Å². The van der Waals surface area contributed by atoms with Crippen LogP contribution in [0.4, 0.5) is 4.39 Å². The molecule has 0 N–H and O–H groups in total. The third-order valence-corrected chi connectivity index (χ3v) is 5.93. The summed E-state index contributed by atoms with van der Waals surface area (Å²) in [7, 11) is 0. The molecule has 9 heteroatoms. The van der Waals surface area contributed by atoms with Gasteiger partial charge in [-0.05, 0) is 42.0 Å². The number of benzene rings is 2. The number of hydrogen-bond acceptors (Lipinski definition) is 4. The van der Waals surface area contributed by atoms with Crippen molar-refractivity contribution in [2.75, 3.05) is 26.2 Å². The van der Waals surface area contributed by atoms with Gasteiger partial charge in [-0.2, -0.15) is 0 Å². The summed E-state index contributed by atoms with van der Waals surface area (Å²) in [5, 5.41) is 0.997. The van der Waals surface area contributed by atoms with Crippen molar-refractivity contribution >= 4 is 40.7 Å². The monoisotopic (exact) mass is 496 g/mol.